The molecule has 1 aromatic rings. The van der Waals surface area contributed by atoms with E-state index in [1.54, 1.807) is 0 Å². The number of hydrogen-bond donors (Lipinski definition) is 2. The van der Waals surface area contributed by atoms with Crippen LogP contribution in [0.15, 0.2) is 24.3 Å². The van der Waals surface area contributed by atoms with Gasteiger partial charge in [0, 0.05) is 17.1 Å². The largest absolute Gasteiger partial charge is 0.326 e. The molecule has 1 unspecified atom stereocenters. The molecule has 0 saturated heterocycles. The van der Waals surface area contributed by atoms with Gasteiger partial charge in [0.2, 0.25) is 5.91 Å². The number of hydrogen-bond acceptors (Lipinski definition) is 2. The van der Waals surface area contributed by atoms with Crippen LogP contribution in [0.3, 0.4) is 0 Å². The third-order valence-electron chi connectivity index (χ3n) is 4.51. The van der Waals surface area contributed by atoms with Gasteiger partial charge in [-0.05, 0) is 49.8 Å². The molecule has 0 radical (unpaired) electrons. The van der Waals surface area contributed by atoms with E-state index in [4.69, 9.17) is 5.73 Å². The van der Waals surface area contributed by atoms with E-state index in [2.05, 4.69) is 19.2 Å². The summed E-state index contributed by atoms with van der Waals surface area (Å²) in [7, 11) is 0. The molecule has 21 heavy (non-hydrogen) atoms. The van der Waals surface area contributed by atoms with Crippen molar-refractivity contribution in [3.63, 3.8) is 0 Å². The molecule has 116 valence electrons. The van der Waals surface area contributed by atoms with Gasteiger partial charge in [-0.1, -0.05) is 38.8 Å². The van der Waals surface area contributed by atoms with Crippen LogP contribution in [-0.2, 0) is 4.79 Å². The molecule has 3 nitrogen and oxygen atoms in total. The molecule has 2 rings (SSSR count). The molecule has 3 heteroatoms. The summed E-state index contributed by atoms with van der Waals surface area (Å²) in [5.41, 5.74) is 7.67. The topological polar surface area (TPSA) is 55.1 Å². The van der Waals surface area contributed by atoms with Crippen LogP contribution in [-0.4, -0.2) is 5.91 Å². The summed E-state index contributed by atoms with van der Waals surface area (Å²) < 4.78 is 0. The average molecular weight is 288 g/mol. The predicted octanol–water partition coefficient (Wildman–Crippen LogP) is 4.25. The summed E-state index contributed by atoms with van der Waals surface area (Å²) in [5.74, 6) is 0.736. The monoisotopic (exact) mass is 288 g/mol. The van der Waals surface area contributed by atoms with Crippen LogP contribution in [0.4, 0.5) is 5.69 Å². The van der Waals surface area contributed by atoms with Crippen LogP contribution in [0.25, 0.3) is 0 Å². The first-order valence-electron chi connectivity index (χ1n) is 8.10. The van der Waals surface area contributed by atoms with Crippen molar-refractivity contribution in [2.45, 2.75) is 58.9 Å². The Morgan fingerprint density at radius 2 is 1.95 bits per heavy atom. The smallest absolute Gasteiger partial charge is 0.230 e. The third-order valence-corrected chi connectivity index (χ3v) is 4.51. The van der Waals surface area contributed by atoms with Crippen LogP contribution in [0.1, 0.15) is 64.5 Å². The summed E-state index contributed by atoms with van der Waals surface area (Å²) in [5, 5.41) is 3.13. The SMILES string of the molecule is CC(C)CC1(C(=O)Nc2cccc(C(C)N)c2)CCCC1. The minimum atomic E-state index is -0.168. The van der Waals surface area contributed by atoms with Crippen molar-refractivity contribution in [2.75, 3.05) is 5.32 Å². The van der Waals surface area contributed by atoms with Crippen LogP contribution in [0, 0.1) is 11.3 Å². The van der Waals surface area contributed by atoms with Gasteiger partial charge in [0.25, 0.3) is 0 Å². The number of amides is 1. The fourth-order valence-electron chi connectivity index (χ4n) is 3.52. The van der Waals surface area contributed by atoms with Crippen molar-refractivity contribution in [3.05, 3.63) is 29.8 Å². The van der Waals surface area contributed by atoms with Gasteiger partial charge >= 0.3 is 0 Å². The second-order valence-electron chi connectivity index (χ2n) is 6.95. The number of nitrogens with one attached hydrogen (secondary N) is 1. The number of benzene rings is 1. The highest BCUT2D eigenvalue weighted by atomic mass is 16.2. The van der Waals surface area contributed by atoms with E-state index in [0.29, 0.717) is 5.92 Å². The number of anilines is 1. The molecule has 0 aromatic heterocycles. The lowest BCUT2D eigenvalue weighted by molar-refractivity contribution is -0.126. The van der Waals surface area contributed by atoms with E-state index in [9.17, 15) is 4.79 Å². The first-order chi connectivity index (χ1) is 9.93. The number of carbonyl (C=O) groups is 1. The second kappa shape index (κ2) is 6.61. The summed E-state index contributed by atoms with van der Waals surface area (Å²) in [6.07, 6.45) is 5.35. The zero-order chi connectivity index (χ0) is 15.5. The maximum absolute atomic E-state index is 12.8. The first-order valence-corrected chi connectivity index (χ1v) is 8.10. The van der Waals surface area contributed by atoms with Crippen LogP contribution in [0.2, 0.25) is 0 Å². The maximum Gasteiger partial charge on any atom is 0.230 e. The second-order valence-corrected chi connectivity index (χ2v) is 6.95. The van der Waals surface area contributed by atoms with Crippen molar-refractivity contribution >= 4 is 11.6 Å². The minimum Gasteiger partial charge on any atom is -0.326 e. The quantitative estimate of drug-likeness (QED) is 0.851. The van der Waals surface area contributed by atoms with Gasteiger partial charge in [0.1, 0.15) is 0 Å². The zero-order valence-corrected chi connectivity index (χ0v) is 13.5. The standard InChI is InChI=1S/C18H28N2O/c1-13(2)12-18(9-4-5-10-18)17(21)20-16-8-6-7-15(11-16)14(3)19/h6-8,11,13-14H,4-5,9-10,12,19H2,1-3H3,(H,20,21). The molecular formula is C18H28N2O. The van der Waals surface area contributed by atoms with E-state index in [1.165, 1.54) is 12.8 Å². The molecule has 0 bridgehead atoms. The molecule has 0 heterocycles. The van der Waals surface area contributed by atoms with Gasteiger partial charge in [0.15, 0.2) is 0 Å². The van der Waals surface area contributed by atoms with Gasteiger partial charge in [-0.3, -0.25) is 4.79 Å². The molecule has 1 aliphatic carbocycles. The Hall–Kier alpha value is -1.35. The molecule has 1 aliphatic rings. The average Bonchev–Trinajstić information content (AvgIpc) is 2.88. The summed E-state index contributed by atoms with van der Waals surface area (Å²) in [6, 6.07) is 7.87. The molecule has 0 spiro atoms. The molecule has 1 aromatic carbocycles. The molecule has 1 amide bonds. The highest BCUT2D eigenvalue weighted by Crippen LogP contribution is 2.44. The molecule has 0 aliphatic heterocycles. The van der Waals surface area contributed by atoms with E-state index in [1.807, 2.05) is 31.2 Å². The third kappa shape index (κ3) is 3.85. The molecule has 1 fully saturated rings. The number of nitrogens with two attached hydrogens (primary N) is 1. The Kier molecular flexibility index (Phi) is 5.04. The fraction of sp³-hybridized carbons (Fsp3) is 0.611. The van der Waals surface area contributed by atoms with E-state index >= 15 is 0 Å². The highest BCUT2D eigenvalue weighted by molar-refractivity contribution is 5.95. The van der Waals surface area contributed by atoms with Crippen LogP contribution >= 0.6 is 0 Å². The Labute approximate surface area is 128 Å². The maximum atomic E-state index is 12.8. The molecular weight excluding hydrogens is 260 g/mol. The van der Waals surface area contributed by atoms with E-state index in [0.717, 1.165) is 30.5 Å². The highest BCUT2D eigenvalue weighted by Gasteiger charge is 2.41. The lowest BCUT2D eigenvalue weighted by Gasteiger charge is -2.29. The van der Waals surface area contributed by atoms with Crippen molar-refractivity contribution in [2.24, 2.45) is 17.1 Å². The van der Waals surface area contributed by atoms with Crippen molar-refractivity contribution < 1.29 is 4.79 Å². The first kappa shape index (κ1) is 16.0. The summed E-state index contributed by atoms with van der Waals surface area (Å²) in [6.45, 7) is 6.35. The summed E-state index contributed by atoms with van der Waals surface area (Å²) >= 11 is 0. The Balaban J connectivity index is 2.14. The predicted molar refractivity (Wildman–Crippen MR) is 88.0 cm³/mol. The Bertz CT molecular complexity index is 488. The van der Waals surface area contributed by atoms with Gasteiger partial charge in [0.05, 0.1) is 0 Å². The van der Waals surface area contributed by atoms with E-state index in [-0.39, 0.29) is 17.4 Å². The van der Waals surface area contributed by atoms with Crippen molar-refractivity contribution in [3.8, 4) is 0 Å². The van der Waals surface area contributed by atoms with Gasteiger partial charge in [-0.2, -0.15) is 0 Å². The lowest BCUT2D eigenvalue weighted by Crippen LogP contribution is -2.35. The van der Waals surface area contributed by atoms with Gasteiger partial charge < -0.3 is 11.1 Å². The van der Waals surface area contributed by atoms with Gasteiger partial charge in [-0.25, -0.2) is 0 Å². The minimum absolute atomic E-state index is 0.0158. The molecule has 1 saturated carbocycles. The van der Waals surface area contributed by atoms with Crippen LogP contribution < -0.4 is 11.1 Å². The summed E-state index contributed by atoms with van der Waals surface area (Å²) in [4.78, 5) is 12.8. The number of carbonyl (C=O) groups excluding carboxylic acids is 1. The molecule has 3 N–H and O–H groups in total. The Morgan fingerprint density at radius 1 is 1.29 bits per heavy atom. The lowest BCUT2D eigenvalue weighted by atomic mass is 9.77. The number of rotatable bonds is 5. The fourth-order valence-corrected chi connectivity index (χ4v) is 3.52. The normalized spacial score (nSPS) is 18.7. The Morgan fingerprint density at radius 3 is 2.52 bits per heavy atom. The molecule has 1 atom stereocenters. The van der Waals surface area contributed by atoms with E-state index < -0.39 is 0 Å². The van der Waals surface area contributed by atoms with Crippen molar-refractivity contribution in [1.29, 1.82) is 0 Å². The zero-order valence-electron chi connectivity index (χ0n) is 13.5. The van der Waals surface area contributed by atoms with Crippen LogP contribution in [0.5, 0.6) is 0 Å². The van der Waals surface area contributed by atoms with Gasteiger partial charge in [-0.15, -0.1) is 0 Å². The van der Waals surface area contributed by atoms with Crippen molar-refractivity contribution in [1.82, 2.24) is 0 Å².